The van der Waals surface area contributed by atoms with Gasteiger partial charge in [0.05, 0.1) is 6.61 Å². The van der Waals surface area contributed by atoms with Gasteiger partial charge < -0.3 is 15.3 Å². The standard InChI is InChI=1S/C4H8O4.B/c1-4(8,2-5)3(6)7;/h5,8H,2H2,1H3,(H,6,7);. The lowest BCUT2D eigenvalue weighted by molar-refractivity contribution is -0.160. The molecule has 0 spiro atoms. The Morgan fingerprint density at radius 1 is 1.67 bits per heavy atom. The fourth-order valence-corrected chi connectivity index (χ4v) is 0.0676. The molecule has 0 aliphatic rings. The van der Waals surface area contributed by atoms with Crippen molar-refractivity contribution in [3.8, 4) is 0 Å². The number of aliphatic hydroxyl groups is 2. The molecule has 0 heterocycles. The highest BCUT2D eigenvalue weighted by Gasteiger charge is 2.28. The molecule has 0 bridgehead atoms. The average Bonchev–Trinajstić information content (AvgIpc) is 1.67. The minimum atomic E-state index is -1.99. The van der Waals surface area contributed by atoms with E-state index in [4.69, 9.17) is 15.3 Å². The van der Waals surface area contributed by atoms with E-state index >= 15 is 0 Å². The highest BCUT2D eigenvalue weighted by molar-refractivity contribution is 5.76. The summed E-state index contributed by atoms with van der Waals surface area (Å²) in [5.41, 5.74) is -1.99. The van der Waals surface area contributed by atoms with E-state index < -0.39 is 18.2 Å². The van der Waals surface area contributed by atoms with Crippen LogP contribution in [0.3, 0.4) is 0 Å². The van der Waals surface area contributed by atoms with Crippen molar-refractivity contribution in [2.75, 3.05) is 6.61 Å². The molecule has 51 valence electrons. The predicted octanol–water partition coefficient (Wildman–Crippen LogP) is -1.57. The zero-order valence-corrected chi connectivity index (χ0v) is 5.03. The first-order valence-electron chi connectivity index (χ1n) is 2.07. The van der Waals surface area contributed by atoms with Gasteiger partial charge in [-0.3, -0.25) is 0 Å². The molecule has 0 aromatic rings. The number of hydrogen-bond donors (Lipinski definition) is 3. The third-order valence-electron chi connectivity index (χ3n) is 0.769. The number of carboxylic acid groups (broad SMARTS) is 1. The van der Waals surface area contributed by atoms with Crippen LogP contribution in [-0.4, -0.2) is 41.9 Å². The SMILES string of the molecule is CC(O)(CO)C(=O)O.[B]. The lowest BCUT2D eigenvalue weighted by atomic mass is 10.1. The van der Waals surface area contributed by atoms with E-state index in [1.165, 1.54) is 0 Å². The number of carboxylic acids is 1. The van der Waals surface area contributed by atoms with Crippen LogP contribution in [0.2, 0.25) is 0 Å². The molecule has 4 nitrogen and oxygen atoms in total. The summed E-state index contributed by atoms with van der Waals surface area (Å²) in [6, 6.07) is 0. The second-order valence-corrected chi connectivity index (χ2v) is 1.74. The molecular weight excluding hydrogens is 123 g/mol. The first-order valence-corrected chi connectivity index (χ1v) is 2.07. The minimum absolute atomic E-state index is 0. The zero-order valence-electron chi connectivity index (χ0n) is 5.03. The van der Waals surface area contributed by atoms with Gasteiger partial charge in [0.2, 0.25) is 0 Å². The summed E-state index contributed by atoms with van der Waals surface area (Å²) in [7, 11) is 0. The smallest absolute Gasteiger partial charge is 0.337 e. The van der Waals surface area contributed by atoms with Gasteiger partial charge in [0, 0.05) is 8.41 Å². The highest BCUT2D eigenvalue weighted by Crippen LogP contribution is 1.99. The Morgan fingerprint density at radius 3 is 2.00 bits per heavy atom. The van der Waals surface area contributed by atoms with Crippen LogP contribution in [0.25, 0.3) is 0 Å². The van der Waals surface area contributed by atoms with Gasteiger partial charge in [-0.2, -0.15) is 0 Å². The molecule has 0 amide bonds. The molecule has 0 aliphatic carbocycles. The van der Waals surface area contributed by atoms with Crippen molar-refractivity contribution < 1.29 is 20.1 Å². The van der Waals surface area contributed by atoms with Crippen molar-refractivity contribution in [1.82, 2.24) is 0 Å². The summed E-state index contributed by atoms with van der Waals surface area (Å²) >= 11 is 0. The lowest BCUT2D eigenvalue weighted by Gasteiger charge is -2.12. The van der Waals surface area contributed by atoms with Gasteiger partial charge in [0.1, 0.15) is 0 Å². The summed E-state index contributed by atoms with van der Waals surface area (Å²) in [5.74, 6) is -1.42. The molecule has 0 saturated carbocycles. The van der Waals surface area contributed by atoms with Gasteiger partial charge in [-0.1, -0.05) is 0 Å². The summed E-state index contributed by atoms with van der Waals surface area (Å²) in [4.78, 5) is 9.84. The van der Waals surface area contributed by atoms with E-state index in [0.29, 0.717) is 0 Å². The van der Waals surface area contributed by atoms with Gasteiger partial charge in [-0.15, -0.1) is 0 Å². The van der Waals surface area contributed by atoms with Crippen LogP contribution >= 0.6 is 0 Å². The first kappa shape index (κ1) is 11.3. The normalized spacial score (nSPS) is 15.4. The van der Waals surface area contributed by atoms with Gasteiger partial charge >= 0.3 is 5.97 Å². The maximum absolute atomic E-state index is 9.84. The maximum atomic E-state index is 9.84. The third kappa shape index (κ3) is 3.10. The quantitative estimate of drug-likeness (QED) is 0.395. The molecule has 0 rings (SSSR count). The van der Waals surface area contributed by atoms with Crippen molar-refractivity contribution in [2.24, 2.45) is 0 Å². The second-order valence-electron chi connectivity index (χ2n) is 1.74. The highest BCUT2D eigenvalue weighted by atomic mass is 16.4. The van der Waals surface area contributed by atoms with Crippen molar-refractivity contribution in [3.63, 3.8) is 0 Å². The second kappa shape index (κ2) is 3.47. The van der Waals surface area contributed by atoms with E-state index in [1.54, 1.807) is 0 Å². The lowest BCUT2D eigenvalue weighted by Crippen LogP contribution is -2.38. The van der Waals surface area contributed by atoms with Crippen LogP contribution in [0.4, 0.5) is 0 Å². The molecule has 1 atom stereocenters. The molecule has 3 radical (unpaired) electrons. The fraction of sp³-hybridized carbons (Fsp3) is 0.750. The van der Waals surface area contributed by atoms with E-state index in [0.717, 1.165) is 6.92 Å². The van der Waals surface area contributed by atoms with Crippen molar-refractivity contribution in [3.05, 3.63) is 0 Å². The molecule has 0 aromatic carbocycles. The summed E-state index contributed by atoms with van der Waals surface area (Å²) < 4.78 is 0. The number of rotatable bonds is 2. The van der Waals surface area contributed by atoms with Crippen LogP contribution in [0, 0.1) is 0 Å². The Morgan fingerprint density at radius 2 is 2.00 bits per heavy atom. The van der Waals surface area contributed by atoms with Crippen molar-refractivity contribution in [2.45, 2.75) is 12.5 Å². The Bertz CT molecular complexity index is 101. The molecule has 0 aliphatic heterocycles. The maximum Gasteiger partial charge on any atom is 0.337 e. The molecule has 9 heavy (non-hydrogen) atoms. The molecule has 3 N–H and O–H groups in total. The zero-order chi connectivity index (χ0) is 6.78. The van der Waals surface area contributed by atoms with Gasteiger partial charge in [-0.05, 0) is 6.92 Å². The Labute approximate surface area is 54.7 Å². The molecule has 0 saturated heterocycles. The van der Waals surface area contributed by atoms with Gasteiger partial charge in [0.15, 0.2) is 5.60 Å². The average molecular weight is 131 g/mol. The molecule has 1 unspecified atom stereocenters. The third-order valence-corrected chi connectivity index (χ3v) is 0.769. The predicted molar refractivity (Wildman–Crippen MR) is 31.1 cm³/mol. The van der Waals surface area contributed by atoms with Crippen LogP contribution in [0.1, 0.15) is 6.92 Å². The molecule has 0 fully saturated rings. The monoisotopic (exact) mass is 131 g/mol. The first-order chi connectivity index (χ1) is 3.50. The van der Waals surface area contributed by atoms with E-state index in [9.17, 15) is 4.79 Å². The number of carbonyl (C=O) groups is 1. The van der Waals surface area contributed by atoms with Gasteiger partial charge in [0.25, 0.3) is 0 Å². The topological polar surface area (TPSA) is 77.8 Å². The minimum Gasteiger partial charge on any atom is -0.479 e. The van der Waals surface area contributed by atoms with Crippen LogP contribution < -0.4 is 0 Å². The molecular formula is C4H8BO4. The molecule has 0 aromatic heterocycles. The number of aliphatic carboxylic acids is 1. The van der Waals surface area contributed by atoms with Crippen molar-refractivity contribution in [1.29, 1.82) is 0 Å². The Balaban J connectivity index is 0. The largest absolute Gasteiger partial charge is 0.479 e. The van der Waals surface area contributed by atoms with Crippen LogP contribution in [0.5, 0.6) is 0 Å². The Kier molecular flexibility index (Phi) is 4.35. The van der Waals surface area contributed by atoms with E-state index in [-0.39, 0.29) is 8.41 Å². The van der Waals surface area contributed by atoms with Crippen molar-refractivity contribution >= 4 is 14.4 Å². The summed E-state index contributed by atoms with van der Waals surface area (Å²) in [5, 5.41) is 24.7. The van der Waals surface area contributed by atoms with Crippen LogP contribution in [-0.2, 0) is 4.79 Å². The Hall–Kier alpha value is -0.545. The molecule has 5 heteroatoms. The van der Waals surface area contributed by atoms with E-state index in [1.807, 2.05) is 0 Å². The summed E-state index contributed by atoms with van der Waals surface area (Å²) in [6.45, 7) is 0.262. The number of aliphatic hydroxyl groups excluding tert-OH is 1. The number of hydrogen-bond acceptors (Lipinski definition) is 3. The van der Waals surface area contributed by atoms with Crippen LogP contribution in [0.15, 0.2) is 0 Å². The fourth-order valence-electron chi connectivity index (χ4n) is 0.0676. The van der Waals surface area contributed by atoms with E-state index in [2.05, 4.69) is 0 Å². The van der Waals surface area contributed by atoms with Gasteiger partial charge in [-0.25, -0.2) is 4.79 Å². The summed E-state index contributed by atoms with van der Waals surface area (Å²) in [6.07, 6.45) is 0.